The molecule has 0 spiro atoms. The minimum atomic E-state index is -0.0550. The highest BCUT2D eigenvalue weighted by molar-refractivity contribution is 5.77. The van der Waals surface area contributed by atoms with Crippen molar-refractivity contribution in [3.8, 4) is 0 Å². The van der Waals surface area contributed by atoms with E-state index < -0.39 is 0 Å². The summed E-state index contributed by atoms with van der Waals surface area (Å²) >= 11 is 0. The normalized spacial score (nSPS) is 22.0. The molecule has 1 aliphatic heterocycles. The average Bonchev–Trinajstić information content (AvgIpc) is 2.46. The fourth-order valence-corrected chi connectivity index (χ4v) is 2.79. The molecule has 20 heavy (non-hydrogen) atoms. The number of piperazine rings is 1. The maximum atomic E-state index is 12.1. The molecule has 0 unspecified atom stereocenters. The number of aromatic nitrogens is 2. The van der Waals surface area contributed by atoms with Gasteiger partial charge in [-0.25, -0.2) is 4.98 Å². The summed E-state index contributed by atoms with van der Waals surface area (Å²) in [6.45, 7) is 7.20. The Morgan fingerprint density at radius 1 is 1.40 bits per heavy atom. The molecule has 1 aromatic carbocycles. The van der Waals surface area contributed by atoms with Gasteiger partial charge < -0.3 is 10.3 Å². The molecule has 2 atom stereocenters. The second kappa shape index (κ2) is 5.34. The molecule has 2 aromatic rings. The molecule has 5 heteroatoms. The molecule has 1 saturated heterocycles. The molecule has 0 aliphatic carbocycles. The van der Waals surface area contributed by atoms with Gasteiger partial charge in [-0.2, -0.15) is 0 Å². The zero-order chi connectivity index (χ0) is 14.1. The van der Waals surface area contributed by atoms with E-state index in [1.165, 1.54) is 0 Å². The van der Waals surface area contributed by atoms with Crippen LogP contribution >= 0.6 is 0 Å². The number of rotatable bonds is 2. The fourth-order valence-electron chi connectivity index (χ4n) is 2.79. The van der Waals surface area contributed by atoms with Gasteiger partial charge in [-0.15, -0.1) is 0 Å². The molecule has 2 N–H and O–H groups in total. The van der Waals surface area contributed by atoms with Gasteiger partial charge in [0, 0.05) is 25.7 Å². The Balaban J connectivity index is 1.95. The van der Waals surface area contributed by atoms with E-state index in [9.17, 15) is 4.79 Å². The van der Waals surface area contributed by atoms with E-state index in [1.807, 2.05) is 24.3 Å². The first kappa shape index (κ1) is 13.3. The zero-order valence-corrected chi connectivity index (χ0v) is 11.9. The van der Waals surface area contributed by atoms with Crippen LogP contribution in [0.2, 0.25) is 0 Å². The van der Waals surface area contributed by atoms with Gasteiger partial charge >= 0.3 is 0 Å². The Hall–Kier alpha value is -1.72. The summed E-state index contributed by atoms with van der Waals surface area (Å²) < 4.78 is 0. The topological polar surface area (TPSA) is 61.0 Å². The van der Waals surface area contributed by atoms with E-state index in [4.69, 9.17) is 0 Å². The van der Waals surface area contributed by atoms with Crippen molar-refractivity contribution in [1.29, 1.82) is 0 Å². The molecule has 5 nitrogen and oxygen atoms in total. The van der Waals surface area contributed by atoms with Gasteiger partial charge in [0.1, 0.15) is 5.82 Å². The fraction of sp³-hybridized carbons (Fsp3) is 0.467. The van der Waals surface area contributed by atoms with Crippen LogP contribution in [0, 0.1) is 0 Å². The lowest BCUT2D eigenvalue weighted by Gasteiger charge is -2.35. The predicted octanol–water partition coefficient (Wildman–Crippen LogP) is 1.28. The number of para-hydroxylation sites is 1. The number of nitrogens with zero attached hydrogens (tertiary/aromatic N) is 2. The molecule has 1 aliphatic rings. The molecule has 3 rings (SSSR count). The van der Waals surface area contributed by atoms with Gasteiger partial charge in [0.2, 0.25) is 0 Å². The summed E-state index contributed by atoms with van der Waals surface area (Å²) in [5.41, 5.74) is 0.710. The van der Waals surface area contributed by atoms with Crippen LogP contribution in [0.15, 0.2) is 29.1 Å². The third kappa shape index (κ3) is 2.46. The third-order valence-corrected chi connectivity index (χ3v) is 3.97. The van der Waals surface area contributed by atoms with Crippen LogP contribution in [0.4, 0.5) is 0 Å². The lowest BCUT2D eigenvalue weighted by molar-refractivity contribution is 0.153. The van der Waals surface area contributed by atoms with Crippen molar-refractivity contribution in [2.24, 2.45) is 0 Å². The summed E-state index contributed by atoms with van der Waals surface area (Å²) in [5.74, 6) is 0.753. The zero-order valence-electron chi connectivity index (χ0n) is 11.9. The van der Waals surface area contributed by atoms with Crippen LogP contribution < -0.4 is 10.9 Å². The third-order valence-electron chi connectivity index (χ3n) is 3.97. The molecule has 0 amide bonds. The van der Waals surface area contributed by atoms with Crippen molar-refractivity contribution < 1.29 is 0 Å². The first-order chi connectivity index (χ1) is 9.65. The van der Waals surface area contributed by atoms with Gasteiger partial charge in [-0.3, -0.25) is 9.69 Å². The maximum absolute atomic E-state index is 12.1. The minimum absolute atomic E-state index is 0.0550. The first-order valence-electron chi connectivity index (χ1n) is 7.11. The van der Waals surface area contributed by atoms with E-state index in [0.717, 1.165) is 31.0 Å². The SMILES string of the molecule is C[C@@H]1CN([C@@H](C)c2nc3ccccc3c(=O)[nH]2)CCN1. The maximum Gasteiger partial charge on any atom is 0.258 e. The molecular formula is C15H20N4O. The van der Waals surface area contributed by atoms with E-state index in [0.29, 0.717) is 11.4 Å². The van der Waals surface area contributed by atoms with E-state index >= 15 is 0 Å². The van der Waals surface area contributed by atoms with Crippen LogP contribution in [0.3, 0.4) is 0 Å². The van der Waals surface area contributed by atoms with Crippen molar-refractivity contribution in [2.45, 2.75) is 25.9 Å². The van der Waals surface area contributed by atoms with Crippen LogP contribution in [0.5, 0.6) is 0 Å². The summed E-state index contributed by atoms with van der Waals surface area (Å²) in [7, 11) is 0. The standard InChI is InChI=1S/C15H20N4O/c1-10-9-19(8-7-16-10)11(2)14-17-13-6-4-3-5-12(13)15(20)18-14/h3-6,10-11,16H,7-9H2,1-2H3,(H,17,18,20)/t10-,11+/m1/s1. The number of H-pyrrole nitrogens is 1. The van der Waals surface area contributed by atoms with Crippen molar-refractivity contribution >= 4 is 10.9 Å². The molecule has 106 valence electrons. The summed E-state index contributed by atoms with van der Waals surface area (Å²) in [5, 5.41) is 4.08. The average molecular weight is 272 g/mol. The van der Waals surface area contributed by atoms with Crippen molar-refractivity contribution in [3.63, 3.8) is 0 Å². The lowest BCUT2D eigenvalue weighted by atomic mass is 10.1. The van der Waals surface area contributed by atoms with Crippen molar-refractivity contribution in [1.82, 2.24) is 20.2 Å². The van der Waals surface area contributed by atoms with Gasteiger partial charge in [0.05, 0.1) is 16.9 Å². The Morgan fingerprint density at radius 3 is 3.00 bits per heavy atom. The molecule has 0 radical (unpaired) electrons. The highest BCUT2D eigenvalue weighted by Gasteiger charge is 2.23. The number of fused-ring (bicyclic) bond motifs is 1. The summed E-state index contributed by atoms with van der Waals surface area (Å²) in [6, 6.07) is 8.07. The first-order valence-corrected chi connectivity index (χ1v) is 7.11. The Bertz CT molecular complexity index is 666. The molecule has 1 aromatic heterocycles. The van der Waals surface area contributed by atoms with Gasteiger partial charge in [-0.05, 0) is 26.0 Å². The smallest absolute Gasteiger partial charge is 0.258 e. The van der Waals surface area contributed by atoms with E-state index in [-0.39, 0.29) is 11.6 Å². The second-order valence-electron chi connectivity index (χ2n) is 5.49. The molecule has 2 heterocycles. The highest BCUT2D eigenvalue weighted by atomic mass is 16.1. The highest BCUT2D eigenvalue weighted by Crippen LogP contribution is 2.18. The van der Waals surface area contributed by atoms with Crippen LogP contribution in [0.1, 0.15) is 25.7 Å². The number of aromatic amines is 1. The Morgan fingerprint density at radius 2 is 2.20 bits per heavy atom. The van der Waals surface area contributed by atoms with Crippen molar-refractivity contribution in [3.05, 3.63) is 40.4 Å². The monoisotopic (exact) mass is 272 g/mol. The molecule has 0 bridgehead atoms. The molecular weight excluding hydrogens is 252 g/mol. The summed E-state index contributed by atoms with van der Waals surface area (Å²) in [4.78, 5) is 22.0. The summed E-state index contributed by atoms with van der Waals surface area (Å²) in [6.07, 6.45) is 0. The molecule has 1 fully saturated rings. The number of hydrogen-bond acceptors (Lipinski definition) is 4. The van der Waals surface area contributed by atoms with Gasteiger partial charge in [0.15, 0.2) is 0 Å². The number of nitrogens with one attached hydrogen (secondary N) is 2. The minimum Gasteiger partial charge on any atom is -0.312 e. The van der Waals surface area contributed by atoms with E-state index in [1.54, 1.807) is 0 Å². The number of benzene rings is 1. The molecule has 0 saturated carbocycles. The Labute approximate surface area is 118 Å². The van der Waals surface area contributed by atoms with Crippen LogP contribution in [-0.2, 0) is 0 Å². The van der Waals surface area contributed by atoms with Crippen molar-refractivity contribution in [2.75, 3.05) is 19.6 Å². The lowest BCUT2D eigenvalue weighted by Crippen LogP contribution is -2.50. The van der Waals surface area contributed by atoms with Crippen LogP contribution in [-0.4, -0.2) is 40.5 Å². The second-order valence-corrected chi connectivity index (χ2v) is 5.49. The van der Waals surface area contributed by atoms with E-state index in [2.05, 4.69) is 34.0 Å². The van der Waals surface area contributed by atoms with Gasteiger partial charge in [-0.1, -0.05) is 12.1 Å². The Kier molecular flexibility index (Phi) is 3.54. The van der Waals surface area contributed by atoms with Gasteiger partial charge in [0.25, 0.3) is 5.56 Å². The largest absolute Gasteiger partial charge is 0.312 e. The quantitative estimate of drug-likeness (QED) is 0.864. The predicted molar refractivity (Wildman–Crippen MR) is 79.8 cm³/mol. The van der Waals surface area contributed by atoms with Crippen LogP contribution in [0.25, 0.3) is 10.9 Å². The number of hydrogen-bond donors (Lipinski definition) is 2.